The fourth-order valence-corrected chi connectivity index (χ4v) is 4.77. The van der Waals surface area contributed by atoms with E-state index < -0.39 is 18.3 Å². The van der Waals surface area contributed by atoms with Crippen LogP contribution in [0.2, 0.25) is 0 Å². The molecule has 0 bridgehead atoms. The lowest BCUT2D eigenvalue weighted by Crippen LogP contribution is -2.45. The summed E-state index contributed by atoms with van der Waals surface area (Å²) in [6.07, 6.45) is -2.02. The highest BCUT2D eigenvalue weighted by atomic mass is 19.4. The number of rotatable bonds is 5. The predicted molar refractivity (Wildman–Crippen MR) is 121 cm³/mol. The molecule has 1 aliphatic carbocycles. The van der Waals surface area contributed by atoms with Gasteiger partial charge in [-0.25, -0.2) is 4.99 Å². The molecule has 4 rings (SSSR count). The molecule has 1 saturated heterocycles. The van der Waals surface area contributed by atoms with E-state index >= 15 is 0 Å². The highest BCUT2D eigenvalue weighted by Crippen LogP contribution is 2.31. The molecule has 2 aliphatic heterocycles. The molecule has 2 atom stereocenters. The molecule has 10 heteroatoms. The SMILES string of the molecule is C[C@@H]1CN(c2ccc(N3C=C(F)C(OCC4CCC(OC(F)(F)F)CC4)=NC3)cc2)C[C@H](C)O1. The molecule has 1 aromatic rings. The fourth-order valence-electron chi connectivity index (χ4n) is 4.77. The second-order valence-corrected chi connectivity index (χ2v) is 9.25. The van der Waals surface area contributed by atoms with Gasteiger partial charge in [0.05, 0.1) is 24.9 Å². The zero-order valence-electron chi connectivity index (χ0n) is 19.4. The van der Waals surface area contributed by atoms with Gasteiger partial charge in [0.15, 0.2) is 0 Å². The Morgan fingerprint density at radius 2 is 1.62 bits per heavy atom. The lowest BCUT2D eigenvalue weighted by molar-refractivity contribution is -0.345. The van der Waals surface area contributed by atoms with E-state index in [1.807, 2.05) is 24.3 Å². The minimum Gasteiger partial charge on any atom is -0.475 e. The molecule has 6 nitrogen and oxygen atoms in total. The summed E-state index contributed by atoms with van der Waals surface area (Å²) in [7, 11) is 0. The number of alkyl halides is 3. The Balaban J connectivity index is 1.26. The van der Waals surface area contributed by atoms with Crippen molar-refractivity contribution in [3.05, 3.63) is 36.3 Å². The topological polar surface area (TPSA) is 46.5 Å². The number of hydrogen-bond acceptors (Lipinski definition) is 6. The van der Waals surface area contributed by atoms with Crippen LogP contribution < -0.4 is 9.80 Å². The van der Waals surface area contributed by atoms with Crippen LogP contribution in [0.15, 0.2) is 41.3 Å². The van der Waals surface area contributed by atoms with E-state index in [9.17, 15) is 17.6 Å². The van der Waals surface area contributed by atoms with E-state index in [1.54, 1.807) is 4.90 Å². The summed E-state index contributed by atoms with van der Waals surface area (Å²) in [4.78, 5) is 8.21. The summed E-state index contributed by atoms with van der Waals surface area (Å²) in [5.74, 6) is -0.571. The maximum atomic E-state index is 14.6. The van der Waals surface area contributed by atoms with Crippen molar-refractivity contribution in [2.45, 2.75) is 64.2 Å². The largest absolute Gasteiger partial charge is 0.522 e. The molecule has 2 fully saturated rings. The Morgan fingerprint density at radius 1 is 1.00 bits per heavy atom. The molecule has 34 heavy (non-hydrogen) atoms. The molecule has 0 amide bonds. The maximum absolute atomic E-state index is 14.6. The van der Waals surface area contributed by atoms with Gasteiger partial charge in [0.25, 0.3) is 0 Å². The van der Waals surface area contributed by atoms with Gasteiger partial charge >= 0.3 is 6.36 Å². The smallest absolute Gasteiger partial charge is 0.475 e. The summed E-state index contributed by atoms with van der Waals surface area (Å²) in [6.45, 7) is 6.21. The third-order valence-electron chi connectivity index (χ3n) is 6.36. The number of halogens is 4. The lowest BCUT2D eigenvalue weighted by atomic mass is 9.88. The number of benzene rings is 1. The number of nitrogens with zero attached hydrogens (tertiary/aromatic N) is 3. The standard InChI is InChI=1S/C24H31F4N3O3/c1-16-11-30(12-17(2)33-16)19-5-7-20(8-6-19)31-13-22(25)23(29-15-31)32-14-18-3-9-21(10-4-18)34-24(26,27)28/h5-8,13,16-18,21H,3-4,9-12,14-15H2,1-2H3/t16-,17+,18?,21?. The lowest BCUT2D eigenvalue weighted by Gasteiger charge is -2.37. The van der Waals surface area contributed by atoms with Crippen LogP contribution in [0.25, 0.3) is 0 Å². The number of aliphatic imine (C=N–C) groups is 1. The van der Waals surface area contributed by atoms with Gasteiger partial charge < -0.3 is 19.3 Å². The maximum Gasteiger partial charge on any atom is 0.522 e. The second kappa shape index (κ2) is 10.5. The van der Waals surface area contributed by atoms with Crippen molar-refractivity contribution >= 4 is 17.3 Å². The van der Waals surface area contributed by atoms with Gasteiger partial charge in [-0.2, -0.15) is 4.39 Å². The summed E-state index contributed by atoms with van der Waals surface area (Å²) >= 11 is 0. The van der Waals surface area contributed by atoms with E-state index in [2.05, 4.69) is 28.5 Å². The van der Waals surface area contributed by atoms with Gasteiger partial charge in [-0.15, -0.1) is 13.2 Å². The fraction of sp³-hybridized carbons (Fsp3) is 0.625. The molecule has 1 saturated carbocycles. The Labute approximate surface area is 197 Å². The third kappa shape index (κ3) is 6.63. The molecule has 2 heterocycles. The average Bonchev–Trinajstić information content (AvgIpc) is 2.78. The second-order valence-electron chi connectivity index (χ2n) is 9.25. The minimum absolute atomic E-state index is 0.0554. The first-order valence-corrected chi connectivity index (χ1v) is 11.7. The molecular weight excluding hydrogens is 454 g/mol. The van der Waals surface area contributed by atoms with Crippen LogP contribution in [0.4, 0.5) is 28.9 Å². The Hall–Kier alpha value is -2.33. The van der Waals surface area contributed by atoms with E-state index in [-0.39, 0.29) is 37.3 Å². The summed E-state index contributed by atoms with van der Waals surface area (Å²) in [6, 6.07) is 7.90. The van der Waals surface area contributed by atoms with Gasteiger partial charge in [-0.1, -0.05) is 0 Å². The highest BCUT2D eigenvalue weighted by Gasteiger charge is 2.35. The van der Waals surface area contributed by atoms with Gasteiger partial charge in [0, 0.05) is 30.7 Å². The van der Waals surface area contributed by atoms with Crippen molar-refractivity contribution < 1.29 is 31.8 Å². The zero-order valence-corrected chi connectivity index (χ0v) is 19.4. The van der Waals surface area contributed by atoms with Crippen LogP contribution >= 0.6 is 0 Å². The van der Waals surface area contributed by atoms with Crippen molar-refractivity contribution in [1.29, 1.82) is 0 Å². The molecule has 0 N–H and O–H groups in total. The first kappa shape index (κ1) is 24.8. The number of anilines is 2. The Morgan fingerprint density at radius 3 is 2.21 bits per heavy atom. The van der Waals surface area contributed by atoms with Crippen LogP contribution in [0, 0.1) is 5.92 Å². The highest BCUT2D eigenvalue weighted by molar-refractivity contribution is 5.92. The van der Waals surface area contributed by atoms with Crippen molar-refractivity contribution in [1.82, 2.24) is 0 Å². The van der Waals surface area contributed by atoms with Crippen molar-refractivity contribution in [3.8, 4) is 0 Å². The van der Waals surface area contributed by atoms with E-state index in [0.29, 0.717) is 25.7 Å². The molecule has 1 aromatic carbocycles. The van der Waals surface area contributed by atoms with Crippen LogP contribution in [0.5, 0.6) is 0 Å². The summed E-state index contributed by atoms with van der Waals surface area (Å²) in [5.41, 5.74) is 1.91. The molecule has 0 unspecified atom stereocenters. The van der Waals surface area contributed by atoms with Gasteiger partial charge in [0.1, 0.15) is 6.67 Å². The van der Waals surface area contributed by atoms with E-state index in [0.717, 1.165) is 24.5 Å². The van der Waals surface area contributed by atoms with Gasteiger partial charge in [-0.05, 0) is 69.7 Å². The average molecular weight is 486 g/mol. The number of hydrogen-bond donors (Lipinski definition) is 0. The summed E-state index contributed by atoms with van der Waals surface area (Å²) < 4.78 is 67.1. The molecule has 0 spiro atoms. The van der Waals surface area contributed by atoms with Gasteiger partial charge in [0.2, 0.25) is 11.7 Å². The van der Waals surface area contributed by atoms with E-state index in [1.165, 1.54) is 6.20 Å². The van der Waals surface area contributed by atoms with E-state index in [4.69, 9.17) is 9.47 Å². The van der Waals surface area contributed by atoms with Crippen LogP contribution in [0.3, 0.4) is 0 Å². The minimum atomic E-state index is -4.61. The molecule has 3 aliphatic rings. The Kier molecular flexibility index (Phi) is 7.67. The number of ether oxygens (including phenoxy) is 3. The third-order valence-corrected chi connectivity index (χ3v) is 6.36. The normalized spacial score (nSPS) is 28.4. The predicted octanol–water partition coefficient (Wildman–Crippen LogP) is 5.40. The quantitative estimate of drug-likeness (QED) is 0.523. The van der Waals surface area contributed by atoms with Crippen LogP contribution in [0.1, 0.15) is 39.5 Å². The first-order chi connectivity index (χ1) is 16.2. The zero-order chi connectivity index (χ0) is 24.3. The van der Waals surface area contributed by atoms with Crippen LogP contribution in [-0.4, -0.2) is 56.9 Å². The molecule has 0 aromatic heterocycles. The Bertz CT molecular complexity index is 872. The van der Waals surface area contributed by atoms with Gasteiger partial charge in [-0.3, -0.25) is 4.74 Å². The first-order valence-electron chi connectivity index (χ1n) is 11.7. The molecule has 188 valence electrons. The summed E-state index contributed by atoms with van der Waals surface area (Å²) in [5, 5.41) is 0. The van der Waals surface area contributed by atoms with Crippen molar-refractivity contribution in [3.63, 3.8) is 0 Å². The monoisotopic (exact) mass is 485 g/mol. The van der Waals surface area contributed by atoms with Crippen molar-refractivity contribution in [2.75, 3.05) is 36.2 Å². The molecular formula is C24H31F4N3O3. The molecule has 0 radical (unpaired) electrons. The number of morpholine rings is 1. The van der Waals surface area contributed by atoms with Crippen molar-refractivity contribution in [2.24, 2.45) is 10.9 Å². The van der Waals surface area contributed by atoms with Crippen LogP contribution in [-0.2, 0) is 14.2 Å².